The van der Waals surface area contributed by atoms with Gasteiger partial charge in [0, 0.05) is 5.56 Å². The van der Waals surface area contributed by atoms with Crippen molar-refractivity contribution >= 4 is 11.9 Å². The molecule has 30 heavy (non-hydrogen) atoms. The summed E-state index contributed by atoms with van der Waals surface area (Å²) in [5.41, 5.74) is 0.557. The number of carboxylic acids is 2. The molecule has 7 nitrogen and oxygen atoms in total. The van der Waals surface area contributed by atoms with Crippen molar-refractivity contribution in [1.82, 2.24) is 0 Å². The molecule has 1 aromatic carbocycles. The summed E-state index contributed by atoms with van der Waals surface area (Å²) in [4.78, 5) is 22.3. The van der Waals surface area contributed by atoms with E-state index in [1.165, 1.54) is 44.9 Å². The van der Waals surface area contributed by atoms with Crippen molar-refractivity contribution in [3.8, 4) is 5.75 Å². The number of carboxylic acid groups (broad SMARTS) is 2. The molecule has 1 heterocycles. The van der Waals surface area contributed by atoms with E-state index in [1.54, 1.807) is 24.3 Å². The molecule has 3 rings (SSSR count). The zero-order valence-corrected chi connectivity index (χ0v) is 17.5. The molecule has 2 N–H and O–H groups in total. The second-order valence-corrected chi connectivity index (χ2v) is 8.36. The molecule has 0 bridgehead atoms. The molecule has 1 saturated carbocycles. The first-order valence-electron chi connectivity index (χ1n) is 11.0. The summed E-state index contributed by atoms with van der Waals surface area (Å²) in [5.74, 6) is -0.240. The maximum absolute atomic E-state index is 11.2. The van der Waals surface area contributed by atoms with Gasteiger partial charge in [0.05, 0.1) is 6.61 Å². The minimum atomic E-state index is -1.53. The van der Waals surface area contributed by atoms with Gasteiger partial charge in [0.1, 0.15) is 5.75 Å². The summed E-state index contributed by atoms with van der Waals surface area (Å²) in [6.45, 7) is 2.93. The highest BCUT2D eigenvalue weighted by Gasteiger charge is 2.46. The molecule has 1 saturated heterocycles. The van der Waals surface area contributed by atoms with E-state index in [0.29, 0.717) is 17.9 Å². The van der Waals surface area contributed by atoms with Crippen molar-refractivity contribution in [1.29, 1.82) is 0 Å². The fourth-order valence-electron chi connectivity index (χ4n) is 4.47. The average Bonchev–Trinajstić information content (AvgIpc) is 3.19. The molecule has 2 fully saturated rings. The van der Waals surface area contributed by atoms with E-state index in [-0.39, 0.29) is 0 Å². The summed E-state index contributed by atoms with van der Waals surface area (Å²) in [7, 11) is 0. The number of hydrogen-bond acceptors (Lipinski definition) is 5. The lowest BCUT2D eigenvalue weighted by Gasteiger charge is -2.28. The smallest absolute Gasteiger partial charge is 0.336 e. The largest absolute Gasteiger partial charge is 0.494 e. The zero-order valence-electron chi connectivity index (χ0n) is 17.5. The predicted octanol–water partition coefficient (Wildman–Crippen LogP) is 4.40. The minimum absolute atomic E-state index is 0.557. The van der Waals surface area contributed by atoms with E-state index in [4.69, 9.17) is 24.4 Å². The predicted molar refractivity (Wildman–Crippen MR) is 109 cm³/mol. The minimum Gasteiger partial charge on any atom is -0.494 e. The molecule has 0 spiro atoms. The fourth-order valence-corrected chi connectivity index (χ4v) is 4.47. The first kappa shape index (κ1) is 22.6. The lowest BCUT2D eigenvalue weighted by molar-refractivity contribution is -0.156. The molecule has 0 unspecified atom stereocenters. The zero-order chi connectivity index (χ0) is 21.5. The molecule has 2 aliphatic rings. The van der Waals surface area contributed by atoms with Crippen LogP contribution >= 0.6 is 0 Å². The van der Waals surface area contributed by atoms with Crippen LogP contribution in [0.2, 0.25) is 0 Å². The monoisotopic (exact) mass is 420 g/mol. The number of hydrogen-bond donors (Lipinski definition) is 2. The van der Waals surface area contributed by atoms with E-state index < -0.39 is 30.4 Å². The number of benzene rings is 1. The molecule has 0 radical (unpaired) electrons. The number of carbonyl (C=O) groups is 2. The van der Waals surface area contributed by atoms with E-state index >= 15 is 0 Å². The Morgan fingerprint density at radius 1 is 0.933 bits per heavy atom. The molecule has 1 aromatic rings. The van der Waals surface area contributed by atoms with Crippen LogP contribution in [-0.4, -0.2) is 41.0 Å². The molecule has 0 aromatic heterocycles. The van der Waals surface area contributed by atoms with Gasteiger partial charge in [-0.3, -0.25) is 0 Å². The quantitative estimate of drug-likeness (QED) is 0.541. The molecule has 2 atom stereocenters. The van der Waals surface area contributed by atoms with Crippen LogP contribution in [0.1, 0.15) is 70.1 Å². The third kappa shape index (κ3) is 5.95. The summed E-state index contributed by atoms with van der Waals surface area (Å²) in [5, 5.41) is 18.2. The average molecular weight is 421 g/mol. The van der Waals surface area contributed by atoms with Crippen LogP contribution in [0.4, 0.5) is 0 Å². The fraction of sp³-hybridized carbons (Fsp3) is 0.652. The molecule has 1 aliphatic heterocycles. The van der Waals surface area contributed by atoms with Crippen molar-refractivity contribution in [2.75, 3.05) is 6.61 Å². The van der Waals surface area contributed by atoms with Crippen LogP contribution in [0, 0.1) is 11.8 Å². The van der Waals surface area contributed by atoms with Gasteiger partial charge in [0.2, 0.25) is 0 Å². The molecular weight excluding hydrogens is 388 g/mol. The Kier molecular flexibility index (Phi) is 8.10. The van der Waals surface area contributed by atoms with Crippen LogP contribution in [0.25, 0.3) is 0 Å². The van der Waals surface area contributed by atoms with Gasteiger partial charge >= 0.3 is 11.9 Å². The maximum Gasteiger partial charge on any atom is 0.336 e. The Labute approximate surface area is 177 Å². The van der Waals surface area contributed by atoms with Gasteiger partial charge in [0.25, 0.3) is 0 Å². The Bertz CT molecular complexity index is 672. The Balaban J connectivity index is 1.40. The number of rotatable bonds is 10. The topological polar surface area (TPSA) is 102 Å². The molecule has 166 valence electrons. The molecular formula is C23H32O7. The summed E-state index contributed by atoms with van der Waals surface area (Å²) in [6.07, 6.45) is 6.25. The lowest BCUT2D eigenvalue weighted by atomic mass is 9.78. The maximum atomic E-state index is 11.2. The van der Waals surface area contributed by atoms with Crippen LogP contribution < -0.4 is 4.74 Å². The van der Waals surface area contributed by atoms with Crippen molar-refractivity contribution in [3.63, 3.8) is 0 Å². The van der Waals surface area contributed by atoms with E-state index in [2.05, 4.69) is 6.92 Å². The first-order chi connectivity index (χ1) is 14.5. The lowest BCUT2D eigenvalue weighted by Crippen LogP contribution is -2.36. The second kappa shape index (κ2) is 10.8. The number of ether oxygens (including phenoxy) is 3. The Morgan fingerprint density at radius 2 is 1.47 bits per heavy atom. The van der Waals surface area contributed by atoms with Gasteiger partial charge in [0.15, 0.2) is 18.5 Å². The highest BCUT2D eigenvalue weighted by molar-refractivity contribution is 5.84. The Hall–Kier alpha value is -2.12. The highest BCUT2D eigenvalue weighted by Crippen LogP contribution is 2.34. The van der Waals surface area contributed by atoms with Crippen molar-refractivity contribution in [2.24, 2.45) is 11.8 Å². The van der Waals surface area contributed by atoms with Gasteiger partial charge in [-0.25, -0.2) is 9.59 Å². The van der Waals surface area contributed by atoms with Crippen LogP contribution in [0.5, 0.6) is 5.75 Å². The number of aliphatic carboxylic acids is 2. The SMILES string of the molecule is CCCC1CCC(CCCOc2ccc(C3O[C@@H](C(=O)O)[C@H](C(=O)O)O3)cc2)CC1. The van der Waals surface area contributed by atoms with Gasteiger partial charge in [-0.1, -0.05) is 57.6 Å². The highest BCUT2D eigenvalue weighted by atomic mass is 16.7. The first-order valence-corrected chi connectivity index (χ1v) is 11.0. The summed E-state index contributed by atoms with van der Waals surface area (Å²) in [6, 6.07) is 6.94. The van der Waals surface area contributed by atoms with Crippen molar-refractivity contribution in [2.45, 2.75) is 76.8 Å². The van der Waals surface area contributed by atoms with Crippen LogP contribution in [0.3, 0.4) is 0 Å². The van der Waals surface area contributed by atoms with E-state index in [9.17, 15) is 9.59 Å². The van der Waals surface area contributed by atoms with E-state index in [1.807, 2.05) is 0 Å². The standard InChI is InChI=1S/C23H32O7/c1-2-4-15-6-8-16(9-7-15)5-3-14-28-18-12-10-17(11-13-18)23-29-19(21(24)25)20(30-23)22(26)27/h10-13,15-16,19-20,23H,2-9,14H2,1H3,(H,24,25)(H,26,27)/t15?,16?,19-,20-/m1/s1. The Morgan fingerprint density at radius 3 is 1.97 bits per heavy atom. The normalized spacial score (nSPS) is 27.1. The molecule has 0 amide bonds. The van der Waals surface area contributed by atoms with Crippen molar-refractivity contribution in [3.05, 3.63) is 29.8 Å². The van der Waals surface area contributed by atoms with Gasteiger partial charge in [-0.15, -0.1) is 0 Å². The van der Waals surface area contributed by atoms with Crippen molar-refractivity contribution < 1.29 is 34.0 Å². The summed E-state index contributed by atoms with van der Waals surface area (Å²) < 4.78 is 16.4. The van der Waals surface area contributed by atoms with Crippen LogP contribution in [-0.2, 0) is 19.1 Å². The third-order valence-corrected chi connectivity index (χ3v) is 6.14. The van der Waals surface area contributed by atoms with E-state index in [0.717, 1.165) is 18.3 Å². The second-order valence-electron chi connectivity index (χ2n) is 8.36. The van der Waals surface area contributed by atoms with Crippen LogP contribution in [0.15, 0.2) is 24.3 Å². The summed E-state index contributed by atoms with van der Waals surface area (Å²) >= 11 is 0. The van der Waals surface area contributed by atoms with Gasteiger partial charge < -0.3 is 24.4 Å². The van der Waals surface area contributed by atoms with Gasteiger partial charge in [-0.05, 0) is 36.8 Å². The van der Waals surface area contributed by atoms with Gasteiger partial charge in [-0.2, -0.15) is 0 Å². The molecule has 7 heteroatoms. The third-order valence-electron chi connectivity index (χ3n) is 6.14. The molecule has 1 aliphatic carbocycles.